The van der Waals surface area contributed by atoms with Crippen molar-refractivity contribution < 1.29 is 23.5 Å². The third-order valence-corrected chi connectivity index (χ3v) is 2.25. The molecule has 0 atom stereocenters. The van der Waals surface area contributed by atoms with E-state index in [1.165, 1.54) is 25.5 Å². The fraction of sp³-hybridized carbons (Fsp3) is 0.0769. The number of ether oxygens (including phenoxy) is 2. The van der Waals surface area contributed by atoms with Gasteiger partial charge in [0.1, 0.15) is 6.29 Å². The highest BCUT2D eigenvalue weighted by Crippen LogP contribution is 2.28. The molecule has 0 bridgehead atoms. The molecule has 2 aromatic rings. The van der Waals surface area contributed by atoms with Crippen molar-refractivity contribution in [2.75, 3.05) is 7.11 Å². The average Bonchev–Trinajstić information content (AvgIpc) is 2.92. The minimum atomic E-state index is -0.652. The molecule has 1 aromatic heterocycles. The Morgan fingerprint density at radius 2 is 2.11 bits per heavy atom. The van der Waals surface area contributed by atoms with Crippen LogP contribution in [0.25, 0.3) is 0 Å². The summed E-state index contributed by atoms with van der Waals surface area (Å²) in [5.74, 6) is -0.0427. The highest BCUT2D eigenvalue weighted by Gasteiger charge is 2.15. The summed E-state index contributed by atoms with van der Waals surface area (Å²) < 4.78 is 15.1. The van der Waals surface area contributed by atoms with E-state index in [9.17, 15) is 9.59 Å². The monoisotopic (exact) mass is 246 g/mol. The second kappa shape index (κ2) is 5.18. The van der Waals surface area contributed by atoms with Crippen molar-refractivity contribution in [2.24, 2.45) is 0 Å². The average molecular weight is 246 g/mol. The Balaban J connectivity index is 2.27. The minimum absolute atomic E-state index is 0.0774. The summed E-state index contributed by atoms with van der Waals surface area (Å²) in [7, 11) is 1.44. The predicted molar refractivity (Wildman–Crippen MR) is 62.0 cm³/mol. The molecule has 2 rings (SSSR count). The standard InChI is InChI=1S/C13H10O5/c1-16-10-5-4-9(8-14)7-12(10)18-13(15)11-3-2-6-17-11/h2-8H,1H3. The number of hydrogen-bond acceptors (Lipinski definition) is 5. The molecule has 0 aliphatic rings. The summed E-state index contributed by atoms with van der Waals surface area (Å²) in [4.78, 5) is 22.4. The zero-order valence-electron chi connectivity index (χ0n) is 9.58. The summed E-state index contributed by atoms with van der Waals surface area (Å²) in [6.45, 7) is 0. The van der Waals surface area contributed by atoms with E-state index in [0.717, 1.165) is 0 Å². The molecule has 18 heavy (non-hydrogen) atoms. The van der Waals surface area contributed by atoms with Gasteiger partial charge in [0.15, 0.2) is 11.5 Å². The van der Waals surface area contributed by atoms with E-state index in [0.29, 0.717) is 17.6 Å². The summed E-state index contributed by atoms with van der Waals surface area (Å²) in [5, 5.41) is 0. The van der Waals surface area contributed by atoms with Crippen LogP contribution in [0.4, 0.5) is 0 Å². The number of aldehydes is 1. The number of carbonyl (C=O) groups excluding carboxylic acids is 2. The van der Waals surface area contributed by atoms with E-state index in [4.69, 9.17) is 13.9 Å². The van der Waals surface area contributed by atoms with Gasteiger partial charge >= 0.3 is 5.97 Å². The lowest BCUT2D eigenvalue weighted by Crippen LogP contribution is -2.08. The number of methoxy groups -OCH3 is 1. The molecule has 5 nitrogen and oxygen atoms in total. The van der Waals surface area contributed by atoms with Gasteiger partial charge in [-0.25, -0.2) is 4.79 Å². The largest absolute Gasteiger partial charge is 0.493 e. The molecule has 0 unspecified atom stereocenters. The van der Waals surface area contributed by atoms with E-state index >= 15 is 0 Å². The van der Waals surface area contributed by atoms with Crippen molar-refractivity contribution in [1.29, 1.82) is 0 Å². The maximum atomic E-state index is 11.7. The van der Waals surface area contributed by atoms with Crippen LogP contribution in [0.3, 0.4) is 0 Å². The Morgan fingerprint density at radius 3 is 2.72 bits per heavy atom. The van der Waals surface area contributed by atoms with Crippen molar-refractivity contribution in [3.8, 4) is 11.5 Å². The first-order valence-corrected chi connectivity index (χ1v) is 5.13. The van der Waals surface area contributed by atoms with Crippen molar-refractivity contribution in [3.05, 3.63) is 47.9 Å². The van der Waals surface area contributed by atoms with E-state index in [1.807, 2.05) is 0 Å². The number of carbonyl (C=O) groups is 2. The zero-order valence-corrected chi connectivity index (χ0v) is 9.58. The summed E-state index contributed by atoms with van der Waals surface area (Å²) >= 11 is 0. The lowest BCUT2D eigenvalue weighted by Gasteiger charge is -2.08. The maximum absolute atomic E-state index is 11.7. The molecule has 0 amide bonds. The fourth-order valence-electron chi connectivity index (χ4n) is 1.39. The van der Waals surface area contributed by atoms with E-state index in [2.05, 4.69) is 0 Å². The summed E-state index contributed by atoms with van der Waals surface area (Å²) in [5.41, 5.74) is 0.387. The van der Waals surface area contributed by atoms with Crippen molar-refractivity contribution in [3.63, 3.8) is 0 Å². The maximum Gasteiger partial charge on any atom is 0.379 e. The first-order valence-electron chi connectivity index (χ1n) is 5.13. The Labute approximate surface area is 103 Å². The van der Waals surface area contributed by atoms with Crippen molar-refractivity contribution >= 4 is 12.3 Å². The molecular weight excluding hydrogens is 236 g/mol. The van der Waals surface area contributed by atoms with Gasteiger partial charge in [0.2, 0.25) is 5.76 Å². The van der Waals surface area contributed by atoms with Crippen molar-refractivity contribution in [1.82, 2.24) is 0 Å². The third kappa shape index (κ3) is 2.40. The normalized spacial score (nSPS) is 9.83. The lowest BCUT2D eigenvalue weighted by atomic mass is 10.2. The van der Waals surface area contributed by atoms with Gasteiger partial charge in [-0.3, -0.25) is 4.79 Å². The van der Waals surface area contributed by atoms with Crippen LogP contribution in [0.1, 0.15) is 20.9 Å². The van der Waals surface area contributed by atoms with E-state index in [-0.39, 0.29) is 11.5 Å². The molecule has 1 heterocycles. The van der Waals surface area contributed by atoms with Gasteiger partial charge in [-0.2, -0.15) is 0 Å². The Kier molecular flexibility index (Phi) is 3.43. The highest BCUT2D eigenvalue weighted by molar-refractivity contribution is 5.88. The molecule has 0 saturated carbocycles. The Morgan fingerprint density at radius 1 is 1.28 bits per heavy atom. The predicted octanol–water partition coefficient (Wildman–Crippen LogP) is 2.32. The van der Waals surface area contributed by atoms with E-state index < -0.39 is 5.97 Å². The van der Waals surface area contributed by atoms with Crippen LogP contribution in [0, 0.1) is 0 Å². The second-order valence-electron chi connectivity index (χ2n) is 3.39. The molecule has 0 aliphatic heterocycles. The van der Waals surface area contributed by atoms with Gasteiger partial charge in [-0.05, 0) is 30.3 Å². The minimum Gasteiger partial charge on any atom is -0.493 e. The van der Waals surface area contributed by atoms with Crippen molar-refractivity contribution in [2.45, 2.75) is 0 Å². The molecule has 0 saturated heterocycles. The Hall–Kier alpha value is -2.56. The van der Waals surface area contributed by atoms with Gasteiger partial charge < -0.3 is 13.9 Å². The molecular formula is C13H10O5. The number of rotatable bonds is 4. The van der Waals surface area contributed by atoms with Crippen LogP contribution in [0.5, 0.6) is 11.5 Å². The van der Waals surface area contributed by atoms with Crippen LogP contribution in [-0.2, 0) is 0 Å². The topological polar surface area (TPSA) is 65.7 Å². The molecule has 0 radical (unpaired) electrons. The number of esters is 1. The van der Waals surface area contributed by atoms with Crippen LogP contribution < -0.4 is 9.47 Å². The Bertz CT molecular complexity index is 557. The smallest absolute Gasteiger partial charge is 0.379 e. The third-order valence-electron chi connectivity index (χ3n) is 2.25. The SMILES string of the molecule is COc1ccc(C=O)cc1OC(=O)c1ccco1. The highest BCUT2D eigenvalue weighted by atomic mass is 16.6. The number of furan rings is 1. The second-order valence-corrected chi connectivity index (χ2v) is 3.39. The quantitative estimate of drug-likeness (QED) is 0.470. The first kappa shape index (κ1) is 11.9. The van der Waals surface area contributed by atoms with Gasteiger partial charge in [0, 0.05) is 5.56 Å². The lowest BCUT2D eigenvalue weighted by molar-refractivity contribution is 0.0696. The molecule has 0 aliphatic carbocycles. The zero-order chi connectivity index (χ0) is 13.0. The van der Waals surface area contributed by atoms with Gasteiger partial charge in [-0.15, -0.1) is 0 Å². The number of hydrogen-bond donors (Lipinski definition) is 0. The molecule has 5 heteroatoms. The first-order chi connectivity index (χ1) is 8.74. The summed E-state index contributed by atoms with van der Waals surface area (Å²) in [6.07, 6.45) is 2.03. The molecule has 92 valence electrons. The van der Waals surface area contributed by atoms with Gasteiger partial charge in [0.25, 0.3) is 0 Å². The molecule has 0 fully saturated rings. The van der Waals surface area contributed by atoms with Crippen LogP contribution >= 0.6 is 0 Å². The number of benzene rings is 1. The van der Waals surface area contributed by atoms with Gasteiger partial charge in [0.05, 0.1) is 13.4 Å². The van der Waals surface area contributed by atoms with Crippen LogP contribution in [0.2, 0.25) is 0 Å². The molecule has 0 spiro atoms. The summed E-state index contributed by atoms with van der Waals surface area (Å²) in [6, 6.07) is 7.60. The molecule has 0 N–H and O–H groups in total. The van der Waals surface area contributed by atoms with Crippen LogP contribution in [-0.4, -0.2) is 19.4 Å². The molecule has 1 aromatic carbocycles. The van der Waals surface area contributed by atoms with E-state index in [1.54, 1.807) is 18.2 Å². The van der Waals surface area contributed by atoms with Crippen LogP contribution in [0.15, 0.2) is 41.0 Å². The van der Waals surface area contributed by atoms with Gasteiger partial charge in [-0.1, -0.05) is 0 Å². The fourth-order valence-corrected chi connectivity index (χ4v) is 1.39.